The molecule has 0 aromatic heterocycles. The summed E-state index contributed by atoms with van der Waals surface area (Å²) in [6, 6.07) is 9.42. The normalized spacial score (nSPS) is 12.3. The van der Waals surface area contributed by atoms with Crippen LogP contribution < -0.4 is 4.74 Å². The van der Waals surface area contributed by atoms with Gasteiger partial charge in [-0.2, -0.15) is 0 Å². The van der Waals surface area contributed by atoms with Gasteiger partial charge in [-0.25, -0.2) is 4.39 Å². The van der Waals surface area contributed by atoms with Gasteiger partial charge in [-0.05, 0) is 35.9 Å². The number of alkyl halides is 1. The molecule has 0 aliphatic carbocycles. The quantitative estimate of drug-likeness (QED) is 0.682. The van der Waals surface area contributed by atoms with Crippen LogP contribution in [0.5, 0.6) is 5.75 Å². The van der Waals surface area contributed by atoms with Crippen LogP contribution in [0.3, 0.4) is 0 Å². The van der Waals surface area contributed by atoms with Gasteiger partial charge in [0.25, 0.3) is 0 Å². The summed E-state index contributed by atoms with van der Waals surface area (Å²) in [6.45, 7) is 0. The van der Waals surface area contributed by atoms with E-state index < -0.39 is 11.2 Å². The lowest BCUT2D eigenvalue weighted by molar-refractivity contribution is 0.405. The van der Waals surface area contributed by atoms with Crippen LogP contribution in [0.1, 0.15) is 16.5 Å². The van der Waals surface area contributed by atoms with E-state index in [2.05, 4.69) is 0 Å². The van der Waals surface area contributed by atoms with E-state index in [1.54, 1.807) is 30.3 Å². The van der Waals surface area contributed by atoms with Crippen molar-refractivity contribution in [1.29, 1.82) is 0 Å². The van der Waals surface area contributed by atoms with Crippen molar-refractivity contribution < 1.29 is 9.13 Å². The van der Waals surface area contributed by atoms with Crippen LogP contribution in [0, 0.1) is 5.82 Å². The Hall–Kier alpha value is -0.960. The Morgan fingerprint density at radius 3 is 2.58 bits per heavy atom. The molecule has 100 valence electrons. The number of hydrogen-bond acceptors (Lipinski definition) is 1. The summed E-state index contributed by atoms with van der Waals surface area (Å²) < 4.78 is 19.1. The molecule has 1 unspecified atom stereocenters. The zero-order valence-corrected chi connectivity index (χ0v) is 12.2. The minimum absolute atomic E-state index is 0.246. The Kier molecular flexibility index (Phi) is 4.56. The van der Waals surface area contributed by atoms with Gasteiger partial charge in [0.15, 0.2) is 0 Å². The third kappa shape index (κ3) is 2.97. The average Bonchev–Trinajstić information content (AvgIpc) is 2.40. The number of hydrogen-bond donors (Lipinski definition) is 0. The molecule has 0 saturated heterocycles. The van der Waals surface area contributed by atoms with E-state index >= 15 is 0 Å². The van der Waals surface area contributed by atoms with Crippen molar-refractivity contribution >= 4 is 34.8 Å². The first-order chi connectivity index (χ1) is 9.04. The Balaban J connectivity index is 2.55. The Morgan fingerprint density at radius 1 is 1.16 bits per heavy atom. The van der Waals surface area contributed by atoms with Crippen LogP contribution in [-0.2, 0) is 0 Å². The van der Waals surface area contributed by atoms with Gasteiger partial charge in [-0.3, -0.25) is 0 Å². The summed E-state index contributed by atoms with van der Waals surface area (Å²) >= 11 is 18.3. The number of methoxy groups -OCH3 is 1. The average molecular weight is 320 g/mol. The molecule has 0 heterocycles. The highest BCUT2D eigenvalue weighted by molar-refractivity contribution is 6.35. The Bertz CT molecular complexity index is 601. The van der Waals surface area contributed by atoms with Crippen LogP contribution in [-0.4, -0.2) is 7.11 Å². The van der Waals surface area contributed by atoms with Crippen molar-refractivity contribution in [2.45, 2.75) is 5.38 Å². The van der Waals surface area contributed by atoms with Crippen molar-refractivity contribution in [1.82, 2.24) is 0 Å². The summed E-state index contributed by atoms with van der Waals surface area (Å²) in [7, 11) is 1.46. The summed E-state index contributed by atoms with van der Waals surface area (Å²) in [5.41, 5.74) is 0.787. The highest BCUT2D eigenvalue weighted by atomic mass is 35.5. The lowest BCUT2D eigenvalue weighted by Gasteiger charge is -2.16. The molecule has 2 aromatic carbocycles. The molecular weight excluding hydrogens is 310 g/mol. The predicted octanol–water partition coefficient (Wildman–Crippen LogP) is 5.47. The number of ether oxygens (including phenoxy) is 1. The molecule has 0 N–H and O–H groups in total. The highest BCUT2D eigenvalue weighted by Crippen LogP contribution is 2.40. The monoisotopic (exact) mass is 318 g/mol. The zero-order valence-electron chi connectivity index (χ0n) is 9.96. The van der Waals surface area contributed by atoms with E-state index in [0.29, 0.717) is 21.4 Å². The zero-order chi connectivity index (χ0) is 14.0. The maximum absolute atomic E-state index is 14.0. The predicted molar refractivity (Wildman–Crippen MR) is 77.1 cm³/mol. The lowest BCUT2D eigenvalue weighted by atomic mass is 10.0. The van der Waals surface area contributed by atoms with Crippen LogP contribution in [0.25, 0.3) is 0 Å². The molecule has 0 spiro atoms. The SMILES string of the molecule is COc1cccc(F)c1C(Cl)c1cc(Cl)ccc1Cl. The topological polar surface area (TPSA) is 9.23 Å². The minimum atomic E-state index is -0.776. The van der Waals surface area contributed by atoms with Crippen molar-refractivity contribution in [3.8, 4) is 5.75 Å². The molecule has 0 aliphatic rings. The van der Waals surface area contributed by atoms with Crippen LogP contribution in [0.15, 0.2) is 36.4 Å². The molecule has 0 saturated carbocycles. The third-order valence-corrected chi connectivity index (χ3v) is 3.75. The third-order valence-electron chi connectivity index (χ3n) is 2.72. The van der Waals surface area contributed by atoms with Crippen molar-refractivity contribution in [3.63, 3.8) is 0 Å². The summed E-state index contributed by atoms with van der Waals surface area (Å²) in [6.07, 6.45) is 0. The Labute approximate surface area is 125 Å². The molecule has 0 bridgehead atoms. The summed E-state index contributed by atoms with van der Waals surface area (Å²) in [4.78, 5) is 0. The lowest BCUT2D eigenvalue weighted by Crippen LogP contribution is -2.01. The van der Waals surface area contributed by atoms with Gasteiger partial charge in [0.05, 0.1) is 18.1 Å². The van der Waals surface area contributed by atoms with E-state index in [0.717, 1.165) is 0 Å². The van der Waals surface area contributed by atoms with Crippen molar-refractivity contribution in [3.05, 3.63) is 63.4 Å². The second-order valence-electron chi connectivity index (χ2n) is 3.88. The molecular formula is C14H10Cl3FO. The van der Waals surface area contributed by atoms with Crippen molar-refractivity contribution in [2.24, 2.45) is 0 Å². The Morgan fingerprint density at radius 2 is 1.89 bits per heavy atom. The van der Waals surface area contributed by atoms with Gasteiger partial charge in [0, 0.05) is 10.0 Å². The second-order valence-corrected chi connectivity index (χ2v) is 5.16. The van der Waals surface area contributed by atoms with Gasteiger partial charge >= 0.3 is 0 Å². The van der Waals surface area contributed by atoms with Crippen molar-refractivity contribution in [2.75, 3.05) is 7.11 Å². The number of halogens is 4. The first-order valence-electron chi connectivity index (χ1n) is 5.46. The smallest absolute Gasteiger partial charge is 0.131 e. The molecule has 0 radical (unpaired) electrons. The molecule has 0 aliphatic heterocycles. The van der Waals surface area contributed by atoms with Crippen LogP contribution >= 0.6 is 34.8 Å². The first-order valence-corrected chi connectivity index (χ1v) is 6.65. The molecule has 1 nitrogen and oxygen atoms in total. The van der Waals surface area contributed by atoms with Crippen LogP contribution in [0.4, 0.5) is 4.39 Å². The fourth-order valence-electron chi connectivity index (χ4n) is 1.81. The number of rotatable bonds is 3. The fourth-order valence-corrected chi connectivity index (χ4v) is 2.66. The highest BCUT2D eigenvalue weighted by Gasteiger charge is 2.22. The maximum Gasteiger partial charge on any atom is 0.131 e. The van der Waals surface area contributed by atoms with Gasteiger partial charge < -0.3 is 4.74 Å². The molecule has 0 fully saturated rings. The van der Waals surface area contributed by atoms with E-state index in [-0.39, 0.29) is 5.56 Å². The van der Waals surface area contributed by atoms with Gasteiger partial charge in [0.2, 0.25) is 0 Å². The largest absolute Gasteiger partial charge is 0.496 e. The molecule has 0 amide bonds. The van der Waals surface area contributed by atoms with Gasteiger partial charge in [-0.1, -0.05) is 29.3 Å². The van der Waals surface area contributed by atoms with Crippen LogP contribution in [0.2, 0.25) is 10.0 Å². The molecule has 19 heavy (non-hydrogen) atoms. The minimum Gasteiger partial charge on any atom is -0.496 e. The maximum atomic E-state index is 14.0. The summed E-state index contributed by atoms with van der Waals surface area (Å²) in [5.74, 6) is -0.0774. The molecule has 5 heteroatoms. The van der Waals surface area contributed by atoms with E-state index in [1.807, 2.05) is 0 Å². The molecule has 1 atom stereocenters. The standard InChI is InChI=1S/C14H10Cl3FO/c1-19-12-4-2-3-11(18)13(12)14(17)9-7-8(15)5-6-10(9)16/h2-7,14H,1H3. The van der Waals surface area contributed by atoms with E-state index in [4.69, 9.17) is 39.5 Å². The molecule has 2 aromatic rings. The summed E-state index contributed by atoms with van der Waals surface area (Å²) in [5, 5.41) is 0.136. The van der Waals surface area contributed by atoms with Gasteiger partial charge in [0.1, 0.15) is 11.6 Å². The van der Waals surface area contributed by atoms with E-state index in [9.17, 15) is 4.39 Å². The number of benzene rings is 2. The second kappa shape index (κ2) is 6.00. The molecule has 2 rings (SSSR count). The first kappa shape index (κ1) is 14.4. The fraction of sp³-hybridized carbons (Fsp3) is 0.143. The van der Waals surface area contributed by atoms with Gasteiger partial charge in [-0.15, -0.1) is 11.6 Å². The van der Waals surface area contributed by atoms with E-state index in [1.165, 1.54) is 13.2 Å².